The first kappa shape index (κ1) is 22.1. The van der Waals surface area contributed by atoms with E-state index in [9.17, 15) is 9.59 Å². The minimum Gasteiger partial charge on any atom is -0.493 e. The molecule has 1 saturated heterocycles. The maximum atomic E-state index is 12.3. The first-order valence-electron chi connectivity index (χ1n) is 9.74. The second-order valence-electron chi connectivity index (χ2n) is 6.74. The van der Waals surface area contributed by atoms with Crippen molar-refractivity contribution in [3.05, 3.63) is 46.2 Å². The molecule has 2 N–H and O–H groups in total. The average molecular weight is 434 g/mol. The van der Waals surface area contributed by atoms with Gasteiger partial charge in [-0.1, -0.05) is 12.1 Å². The van der Waals surface area contributed by atoms with Gasteiger partial charge >= 0.3 is 0 Å². The molecule has 0 saturated carbocycles. The number of rotatable bonds is 9. The van der Waals surface area contributed by atoms with Crippen LogP contribution < -0.4 is 20.1 Å². The van der Waals surface area contributed by atoms with Gasteiger partial charge in [0.2, 0.25) is 5.91 Å². The number of benzene rings is 1. The Bertz CT molecular complexity index is 837. The third-order valence-electron chi connectivity index (χ3n) is 4.93. The minimum absolute atomic E-state index is 0.0503. The van der Waals surface area contributed by atoms with Crippen LogP contribution in [0.5, 0.6) is 11.5 Å². The van der Waals surface area contributed by atoms with Gasteiger partial charge in [-0.15, -0.1) is 11.3 Å². The summed E-state index contributed by atoms with van der Waals surface area (Å²) in [4.78, 5) is 27.2. The number of ether oxygens (including phenoxy) is 3. The highest BCUT2D eigenvalue weighted by Crippen LogP contribution is 2.32. The summed E-state index contributed by atoms with van der Waals surface area (Å²) >= 11 is 1.34. The summed E-state index contributed by atoms with van der Waals surface area (Å²) in [7, 11) is 3.20. The van der Waals surface area contributed by atoms with Crippen LogP contribution in [0.3, 0.4) is 0 Å². The van der Waals surface area contributed by atoms with E-state index in [2.05, 4.69) is 15.5 Å². The molecule has 2 heterocycles. The van der Waals surface area contributed by atoms with Crippen molar-refractivity contribution in [2.24, 2.45) is 0 Å². The van der Waals surface area contributed by atoms with Crippen LogP contribution in [0.15, 0.2) is 35.7 Å². The molecule has 2 aromatic rings. The lowest BCUT2D eigenvalue weighted by Gasteiger charge is -2.35. The van der Waals surface area contributed by atoms with Gasteiger partial charge in [-0.05, 0) is 29.1 Å². The molecule has 162 valence electrons. The molecule has 3 rings (SSSR count). The summed E-state index contributed by atoms with van der Waals surface area (Å²) < 4.78 is 16.2. The summed E-state index contributed by atoms with van der Waals surface area (Å²) in [5, 5.41) is 7.42. The zero-order valence-corrected chi connectivity index (χ0v) is 18.0. The van der Waals surface area contributed by atoms with Crippen LogP contribution in [-0.4, -0.2) is 70.3 Å². The molecule has 1 atom stereocenters. The van der Waals surface area contributed by atoms with Crippen molar-refractivity contribution >= 4 is 23.2 Å². The highest BCUT2D eigenvalue weighted by Gasteiger charge is 2.24. The molecule has 8 nitrogen and oxygen atoms in total. The number of carbonyl (C=O) groups excluding carboxylic acids is 2. The standard InChI is InChI=1S/C21H27N3O5S/c1-27-17-6-5-15(12-18(17)28-2)16(24-7-9-29-10-8-24)13-22-20(25)14-23-21(26)19-4-3-11-30-19/h3-6,11-12,16H,7-10,13-14H2,1-2H3,(H,22,25)(H,23,26). The van der Waals surface area contributed by atoms with Crippen molar-refractivity contribution in [1.29, 1.82) is 0 Å². The molecule has 1 aliphatic rings. The van der Waals surface area contributed by atoms with E-state index in [4.69, 9.17) is 14.2 Å². The van der Waals surface area contributed by atoms with Gasteiger partial charge in [-0.2, -0.15) is 0 Å². The van der Waals surface area contributed by atoms with Gasteiger partial charge in [0, 0.05) is 19.6 Å². The number of morpholine rings is 1. The minimum atomic E-state index is -0.246. The molecule has 1 aliphatic heterocycles. The summed E-state index contributed by atoms with van der Waals surface area (Å²) in [6.45, 7) is 3.17. The first-order chi connectivity index (χ1) is 14.6. The van der Waals surface area contributed by atoms with E-state index in [1.165, 1.54) is 11.3 Å². The first-order valence-corrected chi connectivity index (χ1v) is 10.6. The normalized spacial score (nSPS) is 15.3. The summed E-state index contributed by atoms with van der Waals surface area (Å²) in [5.41, 5.74) is 1.01. The number of nitrogens with one attached hydrogen (secondary N) is 2. The molecule has 1 fully saturated rings. The van der Waals surface area contributed by atoms with Crippen molar-refractivity contribution < 1.29 is 23.8 Å². The van der Waals surface area contributed by atoms with E-state index in [0.717, 1.165) is 18.7 Å². The average Bonchev–Trinajstić information content (AvgIpc) is 3.33. The van der Waals surface area contributed by atoms with Crippen molar-refractivity contribution in [3.8, 4) is 11.5 Å². The Morgan fingerprint density at radius 2 is 1.90 bits per heavy atom. The van der Waals surface area contributed by atoms with Gasteiger partial charge in [0.25, 0.3) is 5.91 Å². The molecule has 0 radical (unpaired) electrons. The molecule has 0 bridgehead atoms. The van der Waals surface area contributed by atoms with Gasteiger partial charge in [-0.25, -0.2) is 0 Å². The fourth-order valence-electron chi connectivity index (χ4n) is 3.34. The Labute approximate surface area is 180 Å². The molecule has 1 aromatic carbocycles. The predicted molar refractivity (Wildman–Crippen MR) is 114 cm³/mol. The smallest absolute Gasteiger partial charge is 0.261 e. The molecule has 1 aromatic heterocycles. The van der Waals surface area contributed by atoms with Crippen LogP contribution in [0.1, 0.15) is 21.3 Å². The van der Waals surface area contributed by atoms with Crippen LogP contribution in [0.2, 0.25) is 0 Å². The van der Waals surface area contributed by atoms with Crippen molar-refractivity contribution in [3.63, 3.8) is 0 Å². The number of thiophene rings is 1. The van der Waals surface area contributed by atoms with E-state index >= 15 is 0 Å². The SMILES string of the molecule is COc1ccc(C(CNC(=O)CNC(=O)c2cccs2)N2CCOCC2)cc1OC. The molecule has 0 spiro atoms. The lowest BCUT2D eigenvalue weighted by atomic mass is 10.0. The third-order valence-corrected chi connectivity index (χ3v) is 5.79. The molecular formula is C21H27N3O5S. The Hall–Kier alpha value is -2.62. The number of carbonyl (C=O) groups is 2. The van der Waals surface area contributed by atoms with Gasteiger partial charge < -0.3 is 24.8 Å². The van der Waals surface area contributed by atoms with E-state index < -0.39 is 0 Å². The zero-order chi connectivity index (χ0) is 21.3. The van der Waals surface area contributed by atoms with Crippen LogP contribution >= 0.6 is 11.3 Å². The van der Waals surface area contributed by atoms with Crippen molar-refractivity contribution in [2.75, 3.05) is 53.6 Å². The second kappa shape index (κ2) is 11.0. The van der Waals surface area contributed by atoms with Crippen LogP contribution in [0.25, 0.3) is 0 Å². The largest absolute Gasteiger partial charge is 0.493 e. The van der Waals surface area contributed by atoms with Gasteiger partial charge in [0.15, 0.2) is 11.5 Å². The number of nitrogens with zero attached hydrogens (tertiary/aromatic N) is 1. The number of hydrogen-bond acceptors (Lipinski definition) is 7. The fraction of sp³-hybridized carbons (Fsp3) is 0.429. The fourth-order valence-corrected chi connectivity index (χ4v) is 3.98. The lowest BCUT2D eigenvalue weighted by molar-refractivity contribution is -0.120. The Morgan fingerprint density at radius 1 is 1.13 bits per heavy atom. The van der Waals surface area contributed by atoms with Crippen molar-refractivity contribution in [1.82, 2.24) is 15.5 Å². The maximum Gasteiger partial charge on any atom is 0.261 e. The van der Waals surface area contributed by atoms with Crippen LogP contribution in [0, 0.1) is 0 Å². The number of amides is 2. The van der Waals surface area contributed by atoms with E-state index in [1.807, 2.05) is 23.6 Å². The van der Waals surface area contributed by atoms with E-state index in [0.29, 0.717) is 36.1 Å². The Kier molecular flexibility index (Phi) is 8.06. The number of hydrogen-bond donors (Lipinski definition) is 2. The monoisotopic (exact) mass is 433 g/mol. The molecule has 2 amide bonds. The molecule has 30 heavy (non-hydrogen) atoms. The molecule has 1 unspecified atom stereocenters. The van der Waals surface area contributed by atoms with Gasteiger partial charge in [-0.3, -0.25) is 14.5 Å². The van der Waals surface area contributed by atoms with Gasteiger partial charge in [0.1, 0.15) is 0 Å². The topological polar surface area (TPSA) is 89.1 Å². The summed E-state index contributed by atoms with van der Waals surface area (Å²) in [6.07, 6.45) is 0. The van der Waals surface area contributed by atoms with E-state index in [1.54, 1.807) is 26.4 Å². The van der Waals surface area contributed by atoms with Crippen LogP contribution in [0.4, 0.5) is 0 Å². The quantitative estimate of drug-likeness (QED) is 0.626. The predicted octanol–water partition coefficient (Wildman–Crippen LogP) is 1.68. The zero-order valence-electron chi connectivity index (χ0n) is 17.2. The lowest BCUT2D eigenvalue weighted by Crippen LogP contribution is -2.45. The van der Waals surface area contributed by atoms with Crippen LogP contribution in [-0.2, 0) is 9.53 Å². The third kappa shape index (κ3) is 5.71. The molecule has 0 aliphatic carbocycles. The number of methoxy groups -OCH3 is 2. The molecular weight excluding hydrogens is 406 g/mol. The van der Waals surface area contributed by atoms with E-state index in [-0.39, 0.29) is 24.4 Å². The molecule has 9 heteroatoms. The highest BCUT2D eigenvalue weighted by atomic mass is 32.1. The van der Waals surface area contributed by atoms with Gasteiger partial charge in [0.05, 0.1) is 44.9 Å². The Balaban J connectivity index is 1.64. The Morgan fingerprint density at radius 3 is 2.57 bits per heavy atom. The van der Waals surface area contributed by atoms with Crippen molar-refractivity contribution in [2.45, 2.75) is 6.04 Å². The second-order valence-corrected chi connectivity index (χ2v) is 7.69. The summed E-state index contributed by atoms with van der Waals surface area (Å²) in [6, 6.07) is 9.25. The highest BCUT2D eigenvalue weighted by molar-refractivity contribution is 7.12. The maximum absolute atomic E-state index is 12.3. The summed E-state index contributed by atoms with van der Waals surface area (Å²) in [5.74, 6) is 0.813.